The number of nitrogens with one attached hydrogen (secondary N) is 1. The van der Waals surface area contributed by atoms with E-state index in [0.29, 0.717) is 17.1 Å². The molecular formula is C17H22N4O4. The summed E-state index contributed by atoms with van der Waals surface area (Å²) in [5.74, 6) is -0.980. The first-order chi connectivity index (χ1) is 12.1. The Morgan fingerprint density at radius 1 is 1.32 bits per heavy atom. The van der Waals surface area contributed by atoms with Crippen LogP contribution in [0.2, 0.25) is 0 Å². The number of nitrogens with zero attached hydrogens (tertiary/aromatic N) is 3. The lowest BCUT2D eigenvalue weighted by Crippen LogP contribution is -2.44. The molecule has 1 saturated carbocycles. The molecule has 0 unspecified atom stereocenters. The van der Waals surface area contributed by atoms with Crippen molar-refractivity contribution in [3.05, 3.63) is 24.2 Å². The number of methoxy groups -OCH3 is 2. The lowest BCUT2D eigenvalue weighted by Gasteiger charge is -2.15. The molecule has 1 fully saturated rings. The number of ether oxygens (including phenoxy) is 2. The fourth-order valence-corrected chi connectivity index (χ4v) is 3.21. The summed E-state index contributed by atoms with van der Waals surface area (Å²) >= 11 is 0. The van der Waals surface area contributed by atoms with Crippen molar-refractivity contribution in [2.45, 2.75) is 37.8 Å². The van der Waals surface area contributed by atoms with Gasteiger partial charge in [-0.2, -0.15) is 0 Å². The molecule has 2 aromatic heterocycles. The lowest BCUT2D eigenvalue weighted by molar-refractivity contribution is -0.144. The summed E-state index contributed by atoms with van der Waals surface area (Å²) in [6.45, 7) is 0.0321. The number of esters is 1. The minimum atomic E-state index is -0.866. The van der Waals surface area contributed by atoms with Crippen LogP contribution in [0.1, 0.15) is 42.1 Å². The molecule has 1 amide bonds. The molecule has 2 aromatic rings. The summed E-state index contributed by atoms with van der Waals surface area (Å²) in [6.07, 6.45) is 8.00. The van der Waals surface area contributed by atoms with Gasteiger partial charge in [0.05, 0.1) is 25.6 Å². The molecule has 8 heteroatoms. The van der Waals surface area contributed by atoms with E-state index in [2.05, 4.69) is 24.6 Å². The smallest absolute Gasteiger partial charge is 0.330 e. The Morgan fingerprint density at radius 3 is 2.76 bits per heavy atom. The van der Waals surface area contributed by atoms with Gasteiger partial charge in [0, 0.05) is 19.3 Å². The second-order valence-corrected chi connectivity index (χ2v) is 6.16. The third-order valence-electron chi connectivity index (χ3n) is 4.52. The van der Waals surface area contributed by atoms with Crippen molar-refractivity contribution in [1.82, 2.24) is 19.9 Å². The number of rotatable bonds is 6. The normalized spacial score (nSPS) is 16.1. The second kappa shape index (κ2) is 7.60. The molecule has 1 N–H and O–H groups in total. The van der Waals surface area contributed by atoms with Crippen LogP contribution in [0.5, 0.6) is 0 Å². The van der Waals surface area contributed by atoms with Crippen LogP contribution in [0.25, 0.3) is 11.2 Å². The average molecular weight is 346 g/mol. The minimum absolute atomic E-state index is 0.0321. The number of carbonyl (C=O) groups is 2. The number of amides is 1. The van der Waals surface area contributed by atoms with Crippen LogP contribution in [0.15, 0.2) is 18.6 Å². The molecule has 8 nitrogen and oxygen atoms in total. The van der Waals surface area contributed by atoms with Crippen LogP contribution in [0, 0.1) is 0 Å². The number of hydrogen-bond acceptors (Lipinski definition) is 6. The quantitative estimate of drug-likeness (QED) is 0.796. The maximum absolute atomic E-state index is 12.4. The van der Waals surface area contributed by atoms with Crippen molar-refractivity contribution < 1.29 is 19.1 Å². The number of carbonyl (C=O) groups excluding carboxylic acids is 2. The van der Waals surface area contributed by atoms with Crippen LogP contribution >= 0.6 is 0 Å². The molecule has 2 heterocycles. The summed E-state index contributed by atoms with van der Waals surface area (Å²) in [6, 6.07) is 1.25. The predicted octanol–water partition coefficient (Wildman–Crippen LogP) is 1.46. The van der Waals surface area contributed by atoms with E-state index in [1.54, 1.807) is 12.4 Å². The van der Waals surface area contributed by atoms with Gasteiger partial charge in [-0.1, -0.05) is 12.8 Å². The molecule has 1 aliphatic carbocycles. The Kier molecular flexibility index (Phi) is 5.28. The molecule has 25 heavy (non-hydrogen) atoms. The molecule has 0 spiro atoms. The van der Waals surface area contributed by atoms with Crippen LogP contribution in [-0.4, -0.2) is 53.3 Å². The molecule has 0 aliphatic heterocycles. The van der Waals surface area contributed by atoms with Gasteiger partial charge < -0.3 is 19.4 Å². The zero-order chi connectivity index (χ0) is 17.8. The first kappa shape index (κ1) is 17.3. The van der Waals surface area contributed by atoms with Gasteiger partial charge in [0.1, 0.15) is 5.52 Å². The van der Waals surface area contributed by atoms with Gasteiger partial charge in [0.15, 0.2) is 11.7 Å². The highest BCUT2D eigenvalue weighted by Gasteiger charge is 2.23. The monoisotopic (exact) mass is 346 g/mol. The van der Waals surface area contributed by atoms with Crippen molar-refractivity contribution in [2.24, 2.45) is 0 Å². The molecule has 1 atom stereocenters. The highest BCUT2D eigenvalue weighted by Crippen LogP contribution is 2.31. The van der Waals surface area contributed by atoms with Gasteiger partial charge in [-0.15, -0.1) is 0 Å². The standard InChI is InChI=1S/C17H22N4O4/c1-24-9-14(17(23)25-2)20-16(22)11-7-13-15(18-8-11)21(10-19-13)12-5-3-4-6-12/h7-8,10,12,14H,3-6,9H2,1-2H3,(H,20,22)/t14-/m1/s1. The Balaban J connectivity index is 1.79. The number of imidazole rings is 1. The third kappa shape index (κ3) is 3.63. The van der Waals surface area contributed by atoms with Gasteiger partial charge in [-0.3, -0.25) is 4.79 Å². The summed E-state index contributed by atoms with van der Waals surface area (Å²) in [7, 11) is 2.71. The van der Waals surface area contributed by atoms with E-state index in [0.717, 1.165) is 18.5 Å². The van der Waals surface area contributed by atoms with Crippen molar-refractivity contribution in [3.63, 3.8) is 0 Å². The van der Waals surface area contributed by atoms with Gasteiger partial charge >= 0.3 is 5.97 Å². The molecule has 0 aromatic carbocycles. The van der Waals surface area contributed by atoms with E-state index in [4.69, 9.17) is 4.74 Å². The number of hydrogen-bond donors (Lipinski definition) is 1. The molecule has 1 aliphatic rings. The van der Waals surface area contributed by atoms with E-state index >= 15 is 0 Å². The van der Waals surface area contributed by atoms with Crippen molar-refractivity contribution >= 4 is 23.0 Å². The molecule has 0 radical (unpaired) electrons. The van der Waals surface area contributed by atoms with Crippen LogP contribution in [0.4, 0.5) is 0 Å². The molecule has 134 valence electrons. The predicted molar refractivity (Wildman–Crippen MR) is 90.2 cm³/mol. The Bertz CT molecular complexity index is 767. The highest BCUT2D eigenvalue weighted by molar-refractivity contribution is 5.98. The van der Waals surface area contributed by atoms with Crippen LogP contribution < -0.4 is 5.32 Å². The van der Waals surface area contributed by atoms with Gasteiger partial charge in [0.25, 0.3) is 5.91 Å². The maximum Gasteiger partial charge on any atom is 0.330 e. The topological polar surface area (TPSA) is 95.3 Å². The minimum Gasteiger partial charge on any atom is -0.467 e. The summed E-state index contributed by atoms with van der Waals surface area (Å²) in [5, 5.41) is 2.60. The Hall–Kier alpha value is -2.48. The number of aromatic nitrogens is 3. The van der Waals surface area contributed by atoms with Crippen molar-refractivity contribution in [3.8, 4) is 0 Å². The fraction of sp³-hybridized carbons (Fsp3) is 0.529. The summed E-state index contributed by atoms with van der Waals surface area (Å²) in [4.78, 5) is 32.9. The largest absolute Gasteiger partial charge is 0.467 e. The van der Waals surface area contributed by atoms with Crippen molar-refractivity contribution in [2.75, 3.05) is 20.8 Å². The molecule has 3 rings (SSSR count). The van der Waals surface area contributed by atoms with Gasteiger partial charge in [-0.05, 0) is 18.9 Å². The van der Waals surface area contributed by atoms with E-state index in [9.17, 15) is 9.59 Å². The van der Waals surface area contributed by atoms with E-state index in [1.165, 1.54) is 33.3 Å². The zero-order valence-electron chi connectivity index (χ0n) is 14.4. The third-order valence-corrected chi connectivity index (χ3v) is 4.52. The number of pyridine rings is 1. The summed E-state index contributed by atoms with van der Waals surface area (Å²) < 4.78 is 11.7. The zero-order valence-corrected chi connectivity index (χ0v) is 14.4. The average Bonchev–Trinajstić information content (AvgIpc) is 3.28. The van der Waals surface area contributed by atoms with Crippen molar-refractivity contribution in [1.29, 1.82) is 0 Å². The SMILES string of the molecule is COC[C@@H](NC(=O)c1cnc2c(c1)ncn2C1CCCC1)C(=O)OC. The molecule has 0 bridgehead atoms. The van der Waals surface area contributed by atoms with E-state index in [1.807, 2.05) is 0 Å². The molecular weight excluding hydrogens is 324 g/mol. The maximum atomic E-state index is 12.4. The number of fused-ring (bicyclic) bond motifs is 1. The first-order valence-corrected chi connectivity index (χ1v) is 8.34. The van der Waals surface area contributed by atoms with Crippen LogP contribution in [0.3, 0.4) is 0 Å². The van der Waals surface area contributed by atoms with E-state index < -0.39 is 17.9 Å². The Labute approximate surface area is 145 Å². The Morgan fingerprint density at radius 2 is 2.08 bits per heavy atom. The van der Waals surface area contributed by atoms with Gasteiger partial charge in [-0.25, -0.2) is 14.8 Å². The van der Waals surface area contributed by atoms with E-state index in [-0.39, 0.29) is 6.61 Å². The lowest BCUT2D eigenvalue weighted by atomic mass is 10.2. The highest BCUT2D eigenvalue weighted by atomic mass is 16.5. The summed E-state index contributed by atoms with van der Waals surface area (Å²) in [5.41, 5.74) is 1.79. The van der Waals surface area contributed by atoms with Gasteiger partial charge in [0.2, 0.25) is 0 Å². The van der Waals surface area contributed by atoms with Crippen LogP contribution in [-0.2, 0) is 14.3 Å². The molecule has 0 saturated heterocycles. The second-order valence-electron chi connectivity index (χ2n) is 6.16. The fourth-order valence-electron chi connectivity index (χ4n) is 3.21. The first-order valence-electron chi connectivity index (χ1n) is 8.34.